The van der Waals surface area contributed by atoms with Crippen LogP contribution in [-0.4, -0.2) is 37.0 Å². The van der Waals surface area contributed by atoms with Gasteiger partial charge in [-0.3, -0.25) is 4.79 Å². The van der Waals surface area contributed by atoms with E-state index in [1.54, 1.807) is 4.90 Å². The largest absolute Gasteiger partial charge is 0.480 e. The lowest BCUT2D eigenvalue weighted by atomic mass is 10.1. The highest BCUT2D eigenvalue weighted by molar-refractivity contribution is 5.83. The number of nitrogens with one attached hydrogen (secondary N) is 1. The number of likely N-dealkylation sites (tertiary alicyclic amines) is 1. The van der Waals surface area contributed by atoms with Crippen LogP contribution in [0.4, 0.5) is 0 Å². The molecule has 0 saturated carbocycles. The minimum atomic E-state index is -0.322. The maximum atomic E-state index is 11.9. The molecule has 0 radical (unpaired) electrons. The zero-order valence-electron chi connectivity index (χ0n) is 12.8. The summed E-state index contributed by atoms with van der Waals surface area (Å²) in [4.78, 5) is 13.7. The number of rotatable bonds is 5. The van der Waals surface area contributed by atoms with Gasteiger partial charge in [-0.05, 0) is 37.1 Å². The molecule has 1 saturated heterocycles. The van der Waals surface area contributed by atoms with Crippen LogP contribution in [0, 0.1) is 13.8 Å². The Morgan fingerprint density at radius 2 is 2.00 bits per heavy atom. The van der Waals surface area contributed by atoms with Gasteiger partial charge in [-0.15, -0.1) is 0 Å². The number of benzene rings is 1. The van der Waals surface area contributed by atoms with Crippen molar-refractivity contribution in [2.24, 2.45) is 0 Å². The van der Waals surface area contributed by atoms with Crippen LogP contribution in [0.2, 0.25) is 0 Å². The van der Waals surface area contributed by atoms with E-state index in [1.165, 1.54) is 5.56 Å². The lowest BCUT2D eigenvalue weighted by molar-refractivity contribution is -0.132. The number of likely N-dealkylation sites (N-methyl/N-ethyl adjacent to an activating group) is 1. The molecule has 1 N–H and O–H groups in total. The quantitative estimate of drug-likeness (QED) is 0.894. The van der Waals surface area contributed by atoms with E-state index in [0.717, 1.165) is 42.9 Å². The fraction of sp³-hybridized carbons (Fsp3) is 0.562. The third-order valence-electron chi connectivity index (χ3n) is 3.74. The van der Waals surface area contributed by atoms with Gasteiger partial charge in [0.15, 0.2) is 6.10 Å². The minimum Gasteiger partial charge on any atom is -0.480 e. The molecule has 1 heterocycles. The maximum absolute atomic E-state index is 11.9. The average Bonchev–Trinajstić information content (AvgIpc) is 2.72. The summed E-state index contributed by atoms with van der Waals surface area (Å²) in [6.45, 7) is 8.78. The SMILES string of the molecule is CCNCc1cc(C)c(OC2CCN(C)C2=O)c(C)c1. The van der Waals surface area contributed by atoms with Gasteiger partial charge in [-0.25, -0.2) is 0 Å². The summed E-state index contributed by atoms with van der Waals surface area (Å²) >= 11 is 0. The first-order valence-corrected chi connectivity index (χ1v) is 7.25. The molecule has 1 atom stereocenters. The Balaban J connectivity index is 2.14. The molecule has 1 unspecified atom stereocenters. The van der Waals surface area contributed by atoms with Crippen molar-refractivity contribution in [3.8, 4) is 5.75 Å². The summed E-state index contributed by atoms with van der Waals surface area (Å²) in [6.07, 6.45) is 0.449. The molecular formula is C16H24N2O2. The number of aryl methyl sites for hydroxylation is 2. The standard InChI is InChI=1S/C16H24N2O2/c1-5-17-10-13-8-11(2)15(12(3)9-13)20-14-6-7-18(4)16(14)19/h8-9,14,17H,5-7,10H2,1-4H3. The number of ether oxygens (including phenoxy) is 1. The molecule has 0 aliphatic carbocycles. The molecule has 2 rings (SSSR count). The first kappa shape index (κ1) is 14.9. The molecule has 1 aromatic rings. The van der Waals surface area contributed by atoms with Gasteiger partial charge >= 0.3 is 0 Å². The smallest absolute Gasteiger partial charge is 0.263 e. The summed E-state index contributed by atoms with van der Waals surface area (Å²) in [5.41, 5.74) is 3.45. The Morgan fingerprint density at radius 3 is 2.50 bits per heavy atom. The Morgan fingerprint density at radius 1 is 1.35 bits per heavy atom. The molecule has 4 nitrogen and oxygen atoms in total. The summed E-state index contributed by atoms with van der Waals surface area (Å²) in [5.74, 6) is 0.944. The molecule has 0 bridgehead atoms. The third-order valence-corrected chi connectivity index (χ3v) is 3.74. The van der Waals surface area contributed by atoms with Crippen molar-refractivity contribution in [3.05, 3.63) is 28.8 Å². The average molecular weight is 276 g/mol. The van der Waals surface area contributed by atoms with Crippen molar-refractivity contribution in [1.29, 1.82) is 0 Å². The van der Waals surface area contributed by atoms with Gasteiger partial charge in [0.2, 0.25) is 0 Å². The highest BCUT2D eigenvalue weighted by Crippen LogP contribution is 2.28. The topological polar surface area (TPSA) is 41.6 Å². The Kier molecular flexibility index (Phi) is 4.65. The molecule has 0 spiro atoms. The van der Waals surface area contributed by atoms with E-state index in [0.29, 0.717) is 0 Å². The van der Waals surface area contributed by atoms with Crippen LogP contribution in [0.1, 0.15) is 30.0 Å². The Bertz CT molecular complexity index is 476. The van der Waals surface area contributed by atoms with E-state index < -0.39 is 0 Å². The third kappa shape index (κ3) is 3.12. The molecule has 1 aromatic carbocycles. The van der Waals surface area contributed by atoms with Gasteiger partial charge in [-0.1, -0.05) is 19.1 Å². The van der Waals surface area contributed by atoms with E-state index in [4.69, 9.17) is 4.74 Å². The molecule has 1 fully saturated rings. The molecule has 1 amide bonds. The van der Waals surface area contributed by atoms with Crippen molar-refractivity contribution in [2.75, 3.05) is 20.1 Å². The van der Waals surface area contributed by atoms with Crippen molar-refractivity contribution in [2.45, 2.75) is 39.8 Å². The number of carbonyl (C=O) groups is 1. The lowest BCUT2D eigenvalue weighted by Gasteiger charge is -2.18. The number of hydrogen-bond donors (Lipinski definition) is 1. The van der Waals surface area contributed by atoms with E-state index >= 15 is 0 Å². The monoisotopic (exact) mass is 276 g/mol. The molecule has 4 heteroatoms. The highest BCUT2D eigenvalue weighted by atomic mass is 16.5. The second-order valence-electron chi connectivity index (χ2n) is 5.49. The van der Waals surface area contributed by atoms with Crippen LogP contribution in [0.5, 0.6) is 5.75 Å². The van der Waals surface area contributed by atoms with Gasteiger partial charge in [0.05, 0.1) is 0 Å². The predicted molar refractivity (Wildman–Crippen MR) is 80.0 cm³/mol. The van der Waals surface area contributed by atoms with Crippen LogP contribution >= 0.6 is 0 Å². The molecule has 1 aliphatic heterocycles. The summed E-state index contributed by atoms with van der Waals surface area (Å²) < 4.78 is 5.97. The van der Waals surface area contributed by atoms with Crippen molar-refractivity contribution >= 4 is 5.91 Å². The van der Waals surface area contributed by atoms with Crippen molar-refractivity contribution in [1.82, 2.24) is 10.2 Å². The molecule has 1 aliphatic rings. The van der Waals surface area contributed by atoms with Crippen LogP contribution in [0.25, 0.3) is 0 Å². The second kappa shape index (κ2) is 6.27. The van der Waals surface area contributed by atoms with Crippen LogP contribution < -0.4 is 10.1 Å². The van der Waals surface area contributed by atoms with E-state index in [-0.39, 0.29) is 12.0 Å². The second-order valence-corrected chi connectivity index (χ2v) is 5.49. The van der Waals surface area contributed by atoms with Gasteiger partial charge in [0, 0.05) is 26.6 Å². The van der Waals surface area contributed by atoms with Gasteiger partial charge in [-0.2, -0.15) is 0 Å². The number of nitrogens with zero attached hydrogens (tertiary/aromatic N) is 1. The number of amides is 1. The summed E-state index contributed by atoms with van der Waals surface area (Å²) in [7, 11) is 1.82. The normalized spacial score (nSPS) is 18.7. The highest BCUT2D eigenvalue weighted by Gasteiger charge is 2.31. The zero-order chi connectivity index (χ0) is 14.7. The fourth-order valence-corrected chi connectivity index (χ4v) is 2.64. The van der Waals surface area contributed by atoms with Gasteiger partial charge in [0.25, 0.3) is 5.91 Å². The first-order chi connectivity index (χ1) is 9.52. The first-order valence-electron chi connectivity index (χ1n) is 7.25. The number of hydrogen-bond acceptors (Lipinski definition) is 3. The fourth-order valence-electron chi connectivity index (χ4n) is 2.64. The Hall–Kier alpha value is -1.55. The minimum absolute atomic E-state index is 0.0838. The zero-order valence-corrected chi connectivity index (χ0v) is 12.8. The van der Waals surface area contributed by atoms with E-state index in [2.05, 4.69) is 24.4 Å². The molecule has 0 aromatic heterocycles. The summed E-state index contributed by atoms with van der Waals surface area (Å²) in [5, 5.41) is 3.32. The van der Waals surface area contributed by atoms with Gasteiger partial charge in [0.1, 0.15) is 5.75 Å². The lowest BCUT2D eigenvalue weighted by Crippen LogP contribution is -2.29. The van der Waals surface area contributed by atoms with Crippen molar-refractivity contribution in [3.63, 3.8) is 0 Å². The molecule has 110 valence electrons. The predicted octanol–water partition coefficient (Wildman–Crippen LogP) is 2.02. The molecule has 20 heavy (non-hydrogen) atoms. The van der Waals surface area contributed by atoms with E-state index in [1.807, 2.05) is 20.9 Å². The van der Waals surface area contributed by atoms with Crippen LogP contribution in [0.15, 0.2) is 12.1 Å². The molecular weight excluding hydrogens is 252 g/mol. The van der Waals surface area contributed by atoms with E-state index in [9.17, 15) is 4.79 Å². The number of carbonyl (C=O) groups excluding carboxylic acids is 1. The Labute approximate surface area is 121 Å². The van der Waals surface area contributed by atoms with Crippen molar-refractivity contribution < 1.29 is 9.53 Å². The maximum Gasteiger partial charge on any atom is 0.263 e. The van der Waals surface area contributed by atoms with Crippen LogP contribution in [-0.2, 0) is 11.3 Å². The summed E-state index contributed by atoms with van der Waals surface area (Å²) in [6, 6.07) is 4.27. The van der Waals surface area contributed by atoms with Gasteiger partial charge < -0.3 is 15.0 Å². The van der Waals surface area contributed by atoms with Crippen LogP contribution in [0.3, 0.4) is 0 Å².